The number of amides is 4. The van der Waals surface area contributed by atoms with E-state index in [2.05, 4.69) is 37.2 Å². The van der Waals surface area contributed by atoms with Gasteiger partial charge in [0.1, 0.15) is 11.8 Å². The fraction of sp³-hybridized carbons (Fsp3) is 0.407. The number of benzene rings is 2. The number of ether oxygens (including phenoxy) is 1. The van der Waals surface area contributed by atoms with Crippen molar-refractivity contribution in [2.75, 3.05) is 7.11 Å². The molecule has 0 saturated heterocycles. The summed E-state index contributed by atoms with van der Waals surface area (Å²) in [5.41, 5.74) is 1.61. The monoisotopic (exact) mass is 574 g/mol. The van der Waals surface area contributed by atoms with Crippen LogP contribution in [0.4, 0.5) is 4.79 Å². The van der Waals surface area contributed by atoms with Crippen molar-refractivity contribution in [1.82, 2.24) is 21.3 Å². The molecule has 4 amide bonds. The molecule has 200 valence electrons. The van der Waals surface area contributed by atoms with E-state index in [1.807, 2.05) is 50.2 Å². The highest BCUT2D eigenvalue weighted by Gasteiger charge is 2.29. The first-order chi connectivity index (χ1) is 17.7. The molecule has 2 unspecified atom stereocenters. The van der Waals surface area contributed by atoms with Gasteiger partial charge in [-0.3, -0.25) is 14.4 Å². The van der Waals surface area contributed by atoms with Gasteiger partial charge in [0.25, 0.3) is 5.91 Å². The highest BCUT2D eigenvalue weighted by Crippen LogP contribution is 2.28. The summed E-state index contributed by atoms with van der Waals surface area (Å²) in [5.74, 6) is -1.44. The molecule has 2 atom stereocenters. The third-order valence-corrected chi connectivity index (χ3v) is 6.21. The van der Waals surface area contributed by atoms with Crippen LogP contribution in [0.15, 0.2) is 53.0 Å². The zero-order chi connectivity index (χ0) is 27.4. The van der Waals surface area contributed by atoms with Crippen molar-refractivity contribution in [1.29, 1.82) is 0 Å². The fourth-order valence-corrected chi connectivity index (χ4v) is 4.23. The van der Waals surface area contributed by atoms with Gasteiger partial charge in [-0.05, 0) is 46.3 Å². The van der Waals surface area contributed by atoms with E-state index in [1.54, 1.807) is 19.1 Å². The Morgan fingerprint density at radius 3 is 2.22 bits per heavy atom. The molecule has 2 aromatic carbocycles. The summed E-state index contributed by atoms with van der Waals surface area (Å²) >= 11 is 3.39. The molecule has 2 rings (SSSR count). The molecule has 10 heteroatoms. The zero-order valence-corrected chi connectivity index (χ0v) is 23.2. The van der Waals surface area contributed by atoms with Gasteiger partial charge >= 0.3 is 6.03 Å². The standard InChI is InChI=1S/C27H35BrN4O5/c1-5-21(23(33)26(35)29-16-19-12-9-13-20(28)24(19)37-4)31-25(34)22(14-17(2)3)32-27(36)30-15-18-10-7-6-8-11-18/h6-13,17,21-22H,5,14-16H2,1-4H3,(H,29,35)(H,31,34)(H2,30,32,36). The van der Waals surface area contributed by atoms with Gasteiger partial charge in [0.2, 0.25) is 11.7 Å². The highest BCUT2D eigenvalue weighted by molar-refractivity contribution is 9.10. The van der Waals surface area contributed by atoms with Crippen LogP contribution in [0.5, 0.6) is 5.75 Å². The second-order valence-corrected chi connectivity index (χ2v) is 9.80. The Kier molecular flexibility index (Phi) is 12.1. The van der Waals surface area contributed by atoms with Gasteiger partial charge in [-0.1, -0.05) is 63.2 Å². The van der Waals surface area contributed by atoms with Crippen LogP contribution in [0.3, 0.4) is 0 Å². The molecular formula is C27H35BrN4O5. The minimum absolute atomic E-state index is 0.0800. The Morgan fingerprint density at radius 1 is 0.892 bits per heavy atom. The third kappa shape index (κ3) is 9.53. The molecule has 0 aromatic heterocycles. The Labute approximate surface area is 226 Å². The molecule has 0 aliphatic rings. The summed E-state index contributed by atoms with van der Waals surface area (Å²) in [5, 5.41) is 10.7. The van der Waals surface area contributed by atoms with E-state index in [-0.39, 0.29) is 18.9 Å². The van der Waals surface area contributed by atoms with Gasteiger partial charge in [0.15, 0.2) is 0 Å². The second kappa shape index (κ2) is 15.0. The number of ketones is 1. The van der Waals surface area contributed by atoms with Crippen molar-refractivity contribution >= 4 is 39.6 Å². The summed E-state index contributed by atoms with van der Waals surface area (Å²) in [7, 11) is 1.52. The van der Waals surface area contributed by atoms with Crippen molar-refractivity contribution < 1.29 is 23.9 Å². The molecule has 4 N–H and O–H groups in total. The molecule has 0 heterocycles. The van der Waals surface area contributed by atoms with Gasteiger partial charge in [-0.15, -0.1) is 0 Å². The Bertz CT molecular complexity index is 1080. The molecule has 0 aliphatic carbocycles. The van der Waals surface area contributed by atoms with E-state index >= 15 is 0 Å². The quantitative estimate of drug-likeness (QED) is 0.273. The normalized spacial score (nSPS) is 12.3. The second-order valence-electron chi connectivity index (χ2n) is 8.94. The van der Waals surface area contributed by atoms with Crippen molar-refractivity contribution in [3.63, 3.8) is 0 Å². The number of para-hydroxylation sites is 1. The summed E-state index contributed by atoms with van der Waals surface area (Å²) in [4.78, 5) is 50.9. The fourth-order valence-electron chi connectivity index (χ4n) is 3.66. The van der Waals surface area contributed by atoms with Gasteiger partial charge in [-0.25, -0.2) is 4.79 Å². The van der Waals surface area contributed by atoms with Crippen molar-refractivity contribution in [2.45, 2.75) is 58.8 Å². The van der Waals surface area contributed by atoms with Gasteiger partial charge in [0, 0.05) is 18.7 Å². The number of rotatable bonds is 13. The minimum Gasteiger partial charge on any atom is -0.495 e. The molecule has 2 aromatic rings. The number of carbonyl (C=O) groups excluding carboxylic acids is 4. The van der Waals surface area contributed by atoms with Crippen molar-refractivity contribution in [3.8, 4) is 5.75 Å². The molecule has 0 radical (unpaired) electrons. The number of hydrogen-bond acceptors (Lipinski definition) is 5. The number of carbonyl (C=O) groups is 4. The molecule has 0 aliphatic heterocycles. The maximum Gasteiger partial charge on any atom is 0.315 e. The lowest BCUT2D eigenvalue weighted by Gasteiger charge is -2.23. The van der Waals surface area contributed by atoms with E-state index in [0.717, 1.165) is 10.0 Å². The predicted molar refractivity (Wildman–Crippen MR) is 145 cm³/mol. The van der Waals surface area contributed by atoms with Crippen LogP contribution in [0, 0.1) is 5.92 Å². The average molecular weight is 576 g/mol. The lowest BCUT2D eigenvalue weighted by atomic mass is 10.0. The molecule has 0 spiro atoms. The summed E-state index contributed by atoms with van der Waals surface area (Å²) in [6, 6.07) is 12.4. The van der Waals surface area contributed by atoms with E-state index < -0.39 is 35.7 Å². The third-order valence-electron chi connectivity index (χ3n) is 5.58. The van der Waals surface area contributed by atoms with Crippen LogP contribution in [0.25, 0.3) is 0 Å². The molecule has 9 nitrogen and oxygen atoms in total. The van der Waals surface area contributed by atoms with Crippen LogP contribution < -0.4 is 26.0 Å². The first-order valence-electron chi connectivity index (χ1n) is 12.2. The number of hydrogen-bond donors (Lipinski definition) is 4. The number of urea groups is 1. The smallest absolute Gasteiger partial charge is 0.315 e. The Hall–Kier alpha value is -3.40. The van der Waals surface area contributed by atoms with Crippen LogP contribution >= 0.6 is 15.9 Å². The molecule has 0 fully saturated rings. The first-order valence-corrected chi connectivity index (χ1v) is 13.0. The SMILES string of the molecule is CCC(NC(=O)C(CC(C)C)NC(=O)NCc1ccccc1)C(=O)C(=O)NCc1cccc(Br)c1OC. The van der Waals surface area contributed by atoms with Gasteiger partial charge < -0.3 is 26.0 Å². The van der Waals surface area contributed by atoms with Gasteiger partial charge in [0.05, 0.1) is 17.6 Å². The van der Waals surface area contributed by atoms with Crippen LogP contribution in [-0.4, -0.2) is 42.8 Å². The summed E-state index contributed by atoms with van der Waals surface area (Å²) < 4.78 is 6.07. The molecule has 0 saturated carbocycles. The number of nitrogens with one attached hydrogen (secondary N) is 4. The predicted octanol–water partition coefficient (Wildman–Crippen LogP) is 3.45. The van der Waals surface area contributed by atoms with Gasteiger partial charge in [-0.2, -0.15) is 0 Å². The minimum atomic E-state index is -1.03. The Balaban J connectivity index is 1.98. The lowest BCUT2D eigenvalue weighted by Crippen LogP contribution is -2.55. The molecule has 0 bridgehead atoms. The summed E-state index contributed by atoms with van der Waals surface area (Å²) in [6.45, 7) is 5.94. The Morgan fingerprint density at radius 2 is 1.59 bits per heavy atom. The van der Waals surface area contributed by atoms with Crippen molar-refractivity contribution in [3.05, 3.63) is 64.1 Å². The number of halogens is 1. The maximum atomic E-state index is 13.0. The lowest BCUT2D eigenvalue weighted by molar-refractivity contribution is -0.140. The number of Topliss-reactive ketones (excluding diaryl/α,β-unsaturated/α-hetero) is 1. The van der Waals surface area contributed by atoms with Crippen LogP contribution in [-0.2, 0) is 27.5 Å². The molecule has 37 heavy (non-hydrogen) atoms. The maximum absolute atomic E-state index is 13.0. The highest BCUT2D eigenvalue weighted by atomic mass is 79.9. The average Bonchev–Trinajstić information content (AvgIpc) is 2.88. The van der Waals surface area contributed by atoms with E-state index in [1.165, 1.54) is 7.11 Å². The zero-order valence-electron chi connectivity index (χ0n) is 21.6. The van der Waals surface area contributed by atoms with E-state index in [4.69, 9.17) is 4.74 Å². The first kappa shape index (κ1) is 29.8. The number of methoxy groups -OCH3 is 1. The van der Waals surface area contributed by atoms with E-state index in [9.17, 15) is 19.2 Å². The molecular weight excluding hydrogens is 540 g/mol. The van der Waals surface area contributed by atoms with Crippen molar-refractivity contribution in [2.24, 2.45) is 5.92 Å². The van der Waals surface area contributed by atoms with E-state index in [0.29, 0.717) is 24.3 Å². The van der Waals surface area contributed by atoms with Crippen LogP contribution in [0.2, 0.25) is 0 Å². The van der Waals surface area contributed by atoms with Crippen LogP contribution in [0.1, 0.15) is 44.7 Å². The topological polar surface area (TPSA) is 126 Å². The largest absolute Gasteiger partial charge is 0.495 e. The summed E-state index contributed by atoms with van der Waals surface area (Å²) in [6.07, 6.45) is 0.580.